The van der Waals surface area contributed by atoms with Crippen molar-refractivity contribution in [2.75, 3.05) is 18.8 Å². The first-order chi connectivity index (χ1) is 6.88. The number of thiol groups is 1. The number of hydrogen-bond acceptors (Lipinski definition) is 2. The van der Waals surface area contributed by atoms with E-state index in [4.69, 9.17) is 0 Å². The van der Waals surface area contributed by atoms with Gasteiger partial charge in [-0.2, -0.15) is 12.6 Å². The zero-order chi connectivity index (χ0) is 10.2. The number of likely N-dealkylation sites (tertiary alicyclic amines) is 1. The minimum absolute atomic E-state index is 0.897. The Balaban J connectivity index is 2.22. The summed E-state index contributed by atoms with van der Waals surface area (Å²) in [5.74, 6) is 1.05. The van der Waals surface area contributed by atoms with Crippen LogP contribution in [0.4, 0.5) is 0 Å². The first-order valence-corrected chi connectivity index (χ1v) is 6.86. The van der Waals surface area contributed by atoms with Crippen molar-refractivity contribution in [2.45, 2.75) is 57.9 Å². The van der Waals surface area contributed by atoms with E-state index in [1.54, 1.807) is 0 Å². The summed E-state index contributed by atoms with van der Waals surface area (Å²) in [6, 6.07) is 0.897. The monoisotopic (exact) mass is 215 g/mol. The molecule has 1 nitrogen and oxygen atoms in total. The molecule has 0 spiro atoms. The third-order valence-electron chi connectivity index (χ3n) is 3.22. The van der Waals surface area contributed by atoms with Gasteiger partial charge in [0.1, 0.15) is 0 Å². The van der Waals surface area contributed by atoms with Gasteiger partial charge in [-0.05, 0) is 50.9 Å². The molecule has 1 rings (SSSR count). The van der Waals surface area contributed by atoms with E-state index in [0.717, 1.165) is 11.8 Å². The van der Waals surface area contributed by atoms with E-state index < -0.39 is 0 Å². The molecule has 84 valence electrons. The van der Waals surface area contributed by atoms with Gasteiger partial charge in [-0.25, -0.2) is 0 Å². The Hall–Kier alpha value is 0.310. The van der Waals surface area contributed by atoms with Crippen molar-refractivity contribution in [3.8, 4) is 0 Å². The molecule has 1 saturated heterocycles. The summed E-state index contributed by atoms with van der Waals surface area (Å²) in [7, 11) is 0. The minimum Gasteiger partial charge on any atom is -0.300 e. The minimum atomic E-state index is 0.897. The summed E-state index contributed by atoms with van der Waals surface area (Å²) in [4.78, 5) is 2.72. The number of hydrogen-bond donors (Lipinski definition) is 1. The topological polar surface area (TPSA) is 3.24 Å². The van der Waals surface area contributed by atoms with Crippen LogP contribution < -0.4 is 0 Å². The van der Waals surface area contributed by atoms with Crippen LogP contribution in [-0.4, -0.2) is 29.8 Å². The summed E-state index contributed by atoms with van der Waals surface area (Å²) in [5, 5.41) is 0. The van der Waals surface area contributed by atoms with Gasteiger partial charge in [-0.1, -0.05) is 19.8 Å². The number of nitrogens with zero attached hydrogens (tertiary/aromatic N) is 1. The first kappa shape index (κ1) is 12.4. The van der Waals surface area contributed by atoms with Gasteiger partial charge in [0, 0.05) is 6.04 Å². The van der Waals surface area contributed by atoms with E-state index in [2.05, 4.69) is 24.5 Å². The summed E-state index contributed by atoms with van der Waals surface area (Å²) >= 11 is 4.26. The zero-order valence-electron chi connectivity index (χ0n) is 9.54. The second-order valence-corrected chi connectivity index (χ2v) is 4.85. The number of rotatable bonds is 6. The lowest BCUT2D eigenvalue weighted by Gasteiger charge is -2.35. The molecule has 0 amide bonds. The summed E-state index contributed by atoms with van der Waals surface area (Å²) in [6.45, 7) is 4.96. The fourth-order valence-corrected chi connectivity index (χ4v) is 2.66. The molecule has 0 bridgehead atoms. The molecule has 2 heteroatoms. The van der Waals surface area contributed by atoms with Crippen molar-refractivity contribution in [1.29, 1.82) is 0 Å². The van der Waals surface area contributed by atoms with Gasteiger partial charge < -0.3 is 4.90 Å². The van der Waals surface area contributed by atoms with Crippen molar-refractivity contribution in [3.63, 3.8) is 0 Å². The fraction of sp³-hybridized carbons (Fsp3) is 1.00. The lowest BCUT2D eigenvalue weighted by molar-refractivity contribution is 0.138. The van der Waals surface area contributed by atoms with Crippen molar-refractivity contribution in [1.82, 2.24) is 4.90 Å². The Labute approximate surface area is 94.7 Å². The van der Waals surface area contributed by atoms with Crippen LogP contribution in [0, 0.1) is 0 Å². The molecule has 1 aliphatic rings. The van der Waals surface area contributed by atoms with Crippen molar-refractivity contribution >= 4 is 12.6 Å². The van der Waals surface area contributed by atoms with Gasteiger partial charge in [0.25, 0.3) is 0 Å². The molecule has 0 aromatic carbocycles. The maximum absolute atomic E-state index is 4.26. The van der Waals surface area contributed by atoms with E-state index in [1.807, 2.05) is 0 Å². The number of unbranched alkanes of at least 4 members (excludes halogenated alkanes) is 1. The number of piperidine rings is 1. The van der Waals surface area contributed by atoms with E-state index in [-0.39, 0.29) is 0 Å². The molecular formula is C12H25NS. The van der Waals surface area contributed by atoms with Crippen LogP contribution in [0.2, 0.25) is 0 Å². The summed E-state index contributed by atoms with van der Waals surface area (Å²) in [6.07, 6.45) is 9.67. The maximum Gasteiger partial charge on any atom is 0.00951 e. The molecule has 0 N–H and O–H groups in total. The molecule has 1 aliphatic heterocycles. The Morgan fingerprint density at radius 2 is 2.14 bits per heavy atom. The molecule has 1 heterocycles. The zero-order valence-corrected chi connectivity index (χ0v) is 10.4. The molecule has 14 heavy (non-hydrogen) atoms. The summed E-state index contributed by atoms with van der Waals surface area (Å²) < 4.78 is 0. The van der Waals surface area contributed by atoms with Crippen LogP contribution in [0.1, 0.15) is 51.9 Å². The van der Waals surface area contributed by atoms with Gasteiger partial charge in [0.15, 0.2) is 0 Å². The maximum atomic E-state index is 4.26. The van der Waals surface area contributed by atoms with Crippen LogP contribution in [0.25, 0.3) is 0 Å². The van der Waals surface area contributed by atoms with Gasteiger partial charge in [0.2, 0.25) is 0 Å². The Bertz CT molecular complexity index is 136. The smallest absolute Gasteiger partial charge is 0.00951 e. The van der Waals surface area contributed by atoms with E-state index in [9.17, 15) is 0 Å². The highest BCUT2D eigenvalue weighted by Gasteiger charge is 2.20. The quantitative estimate of drug-likeness (QED) is 0.525. The van der Waals surface area contributed by atoms with Gasteiger partial charge in [-0.15, -0.1) is 0 Å². The normalized spacial score (nSPS) is 24.0. The lowest BCUT2D eigenvalue weighted by atomic mass is 9.98. The molecular weight excluding hydrogens is 190 g/mol. The van der Waals surface area contributed by atoms with Crippen LogP contribution in [0.3, 0.4) is 0 Å². The standard InChI is InChI=1S/C12H25NS/c1-2-7-12-8-3-4-9-13(12)10-5-6-11-14/h12,14H,2-11H2,1H3. The highest BCUT2D eigenvalue weighted by molar-refractivity contribution is 7.80. The predicted molar refractivity (Wildman–Crippen MR) is 67.2 cm³/mol. The molecule has 0 saturated carbocycles. The molecule has 0 radical (unpaired) electrons. The Morgan fingerprint density at radius 1 is 1.29 bits per heavy atom. The molecule has 0 aliphatic carbocycles. The van der Waals surface area contributed by atoms with Gasteiger partial charge in [0.05, 0.1) is 0 Å². The average molecular weight is 215 g/mol. The second kappa shape index (κ2) is 7.58. The van der Waals surface area contributed by atoms with Crippen LogP contribution in [-0.2, 0) is 0 Å². The Morgan fingerprint density at radius 3 is 2.86 bits per heavy atom. The van der Waals surface area contributed by atoms with Gasteiger partial charge >= 0.3 is 0 Å². The molecule has 0 aromatic heterocycles. The van der Waals surface area contributed by atoms with Crippen molar-refractivity contribution < 1.29 is 0 Å². The van der Waals surface area contributed by atoms with E-state index in [1.165, 1.54) is 58.0 Å². The van der Waals surface area contributed by atoms with Crippen molar-refractivity contribution in [3.05, 3.63) is 0 Å². The molecule has 1 unspecified atom stereocenters. The lowest BCUT2D eigenvalue weighted by Crippen LogP contribution is -2.39. The predicted octanol–water partition coefficient (Wildman–Crippen LogP) is 3.35. The average Bonchev–Trinajstić information content (AvgIpc) is 2.21. The summed E-state index contributed by atoms with van der Waals surface area (Å²) in [5.41, 5.74) is 0. The SMILES string of the molecule is CCCC1CCCCN1CCCCS. The largest absolute Gasteiger partial charge is 0.300 e. The third-order valence-corrected chi connectivity index (χ3v) is 3.54. The van der Waals surface area contributed by atoms with Crippen LogP contribution in [0.15, 0.2) is 0 Å². The van der Waals surface area contributed by atoms with E-state index >= 15 is 0 Å². The van der Waals surface area contributed by atoms with Gasteiger partial charge in [-0.3, -0.25) is 0 Å². The van der Waals surface area contributed by atoms with Crippen LogP contribution >= 0.6 is 12.6 Å². The molecule has 0 aromatic rings. The van der Waals surface area contributed by atoms with Crippen LogP contribution in [0.5, 0.6) is 0 Å². The molecule has 1 fully saturated rings. The van der Waals surface area contributed by atoms with E-state index in [0.29, 0.717) is 0 Å². The Kier molecular flexibility index (Phi) is 6.70. The van der Waals surface area contributed by atoms with Crippen molar-refractivity contribution in [2.24, 2.45) is 0 Å². The highest BCUT2D eigenvalue weighted by Crippen LogP contribution is 2.21. The first-order valence-electron chi connectivity index (χ1n) is 6.23. The second-order valence-electron chi connectivity index (χ2n) is 4.40. The highest BCUT2D eigenvalue weighted by atomic mass is 32.1. The molecule has 1 atom stereocenters. The fourth-order valence-electron chi connectivity index (χ4n) is 2.44. The third kappa shape index (κ3) is 4.22.